The van der Waals surface area contributed by atoms with Crippen LogP contribution in [0.5, 0.6) is 0 Å². The molecule has 0 heterocycles. The minimum absolute atomic E-state index is 0.0379. The quantitative estimate of drug-likeness (QED) is 0.798. The number of hydrogen-bond donors (Lipinski definition) is 1. The smallest absolute Gasteiger partial charge is 0.410 e. The predicted molar refractivity (Wildman–Crippen MR) is 50.9 cm³/mol. The van der Waals surface area contributed by atoms with Crippen LogP contribution in [0.1, 0.15) is 13.8 Å². The molecule has 96 valence electrons. The number of rotatable bonds is 5. The van der Waals surface area contributed by atoms with Crippen molar-refractivity contribution in [1.82, 2.24) is 4.90 Å². The molecule has 0 spiro atoms. The number of amides is 1. The molecule has 0 aliphatic heterocycles. The lowest BCUT2D eigenvalue weighted by Gasteiger charge is -2.24. The van der Waals surface area contributed by atoms with E-state index in [2.05, 4.69) is 4.74 Å². The van der Waals surface area contributed by atoms with E-state index in [9.17, 15) is 18.0 Å². The highest BCUT2D eigenvalue weighted by molar-refractivity contribution is 5.67. The minimum Gasteiger partial charge on any atom is -0.447 e. The monoisotopic (exact) mass is 243 g/mol. The van der Waals surface area contributed by atoms with Gasteiger partial charge in [0, 0.05) is 6.54 Å². The van der Waals surface area contributed by atoms with Crippen LogP contribution in [0.2, 0.25) is 0 Å². The van der Waals surface area contributed by atoms with Crippen molar-refractivity contribution in [3.63, 3.8) is 0 Å². The first-order valence-corrected chi connectivity index (χ1v) is 4.85. The topological polar surface area (TPSA) is 49.8 Å². The summed E-state index contributed by atoms with van der Waals surface area (Å²) in [5.41, 5.74) is 0. The molecule has 1 amide bonds. The number of alkyl halides is 3. The summed E-state index contributed by atoms with van der Waals surface area (Å²) in [6.45, 7) is 1.31. The van der Waals surface area contributed by atoms with Gasteiger partial charge >= 0.3 is 12.3 Å². The molecule has 0 radical (unpaired) electrons. The number of carbonyl (C=O) groups excluding carboxylic acids is 1. The molecule has 0 saturated carbocycles. The van der Waals surface area contributed by atoms with E-state index < -0.39 is 25.4 Å². The van der Waals surface area contributed by atoms with Crippen molar-refractivity contribution in [3.05, 3.63) is 0 Å². The third kappa shape index (κ3) is 7.33. The first-order chi connectivity index (χ1) is 7.26. The van der Waals surface area contributed by atoms with E-state index in [4.69, 9.17) is 5.11 Å². The fourth-order valence-corrected chi connectivity index (χ4v) is 1.09. The zero-order chi connectivity index (χ0) is 12.8. The molecule has 0 rings (SSSR count). The molecular weight excluding hydrogens is 227 g/mol. The normalized spacial score (nSPS) is 11.7. The molecule has 0 aliphatic carbocycles. The van der Waals surface area contributed by atoms with Crippen LogP contribution in [0.4, 0.5) is 18.0 Å². The fraction of sp³-hybridized carbons (Fsp3) is 0.889. The van der Waals surface area contributed by atoms with Gasteiger partial charge in [0.05, 0.1) is 6.61 Å². The van der Waals surface area contributed by atoms with Gasteiger partial charge in [0.25, 0.3) is 0 Å². The van der Waals surface area contributed by atoms with Crippen molar-refractivity contribution < 1.29 is 27.8 Å². The molecule has 1 N–H and O–H groups in total. The van der Waals surface area contributed by atoms with Gasteiger partial charge in [0.2, 0.25) is 0 Å². The molecule has 0 aromatic carbocycles. The zero-order valence-corrected chi connectivity index (χ0v) is 9.25. The second-order valence-electron chi connectivity index (χ2n) is 3.73. The maximum absolute atomic E-state index is 12.1. The summed E-state index contributed by atoms with van der Waals surface area (Å²) >= 11 is 0. The molecule has 4 nitrogen and oxygen atoms in total. The molecule has 7 heteroatoms. The van der Waals surface area contributed by atoms with Gasteiger partial charge in [-0.25, -0.2) is 4.79 Å². The summed E-state index contributed by atoms with van der Waals surface area (Å²) < 4.78 is 40.9. The largest absolute Gasteiger partial charge is 0.447 e. The van der Waals surface area contributed by atoms with E-state index in [1.807, 2.05) is 0 Å². The molecule has 0 atom stereocenters. The highest BCUT2D eigenvalue weighted by Crippen LogP contribution is 2.17. The van der Waals surface area contributed by atoms with Gasteiger partial charge in [0.1, 0.15) is 13.2 Å². The van der Waals surface area contributed by atoms with Crippen molar-refractivity contribution in [3.8, 4) is 0 Å². The van der Waals surface area contributed by atoms with Gasteiger partial charge in [-0.2, -0.15) is 13.2 Å². The molecule has 0 aromatic heterocycles. The van der Waals surface area contributed by atoms with Gasteiger partial charge in [-0.15, -0.1) is 0 Å². The summed E-state index contributed by atoms with van der Waals surface area (Å²) in [6, 6.07) is 0. The van der Waals surface area contributed by atoms with Crippen molar-refractivity contribution in [2.45, 2.75) is 20.0 Å². The fourth-order valence-electron chi connectivity index (χ4n) is 1.09. The number of aliphatic hydroxyl groups is 1. The number of halogens is 3. The average Bonchev–Trinajstić information content (AvgIpc) is 2.10. The molecule has 0 unspecified atom stereocenters. The molecule has 0 saturated heterocycles. The summed E-state index contributed by atoms with van der Waals surface area (Å²) in [7, 11) is 0. The first kappa shape index (κ1) is 15.0. The Hall–Kier alpha value is -0.980. The summed E-state index contributed by atoms with van der Waals surface area (Å²) in [6.07, 6.45) is -5.51. The Morgan fingerprint density at radius 3 is 2.38 bits per heavy atom. The Morgan fingerprint density at radius 1 is 1.44 bits per heavy atom. The van der Waals surface area contributed by atoms with Crippen molar-refractivity contribution in [1.29, 1.82) is 0 Å². The molecule has 0 aliphatic rings. The van der Waals surface area contributed by atoms with Gasteiger partial charge in [0.15, 0.2) is 0 Å². The van der Waals surface area contributed by atoms with Crippen molar-refractivity contribution >= 4 is 6.09 Å². The molecular formula is C9H16F3NO3. The highest BCUT2D eigenvalue weighted by atomic mass is 19.4. The van der Waals surface area contributed by atoms with E-state index in [1.54, 1.807) is 13.8 Å². The van der Waals surface area contributed by atoms with E-state index in [-0.39, 0.29) is 19.1 Å². The van der Waals surface area contributed by atoms with Crippen LogP contribution < -0.4 is 0 Å². The lowest BCUT2D eigenvalue weighted by molar-refractivity contribution is -0.143. The molecule has 16 heavy (non-hydrogen) atoms. The second-order valence-corrected chi connectivity index (χ2v) is 3.73. The number of hydrogen-bond acceptors (Lipinski definition) is 3. The van der Waals surface area contributed by atoms with Crippen LogP contribution in [0, 0.1) is 5.92 Å². The minimum atomic E-state index is -4.45. The van der Waals surface area contributed by atoms with Crippen LogP contribution in [-0.4, -0.2) is 48.6 Å². The van der Waals surface area contributed by atoms with E-state index in [1.165, 1.54) is 0 Å². The van der Waals surface area contributed by atoms with Gasteiger partial charge in [-0.05, 0) is 5.92 Å². The van der Waals surface area contributed by atoms with Crippen LogP contribution in [0.15, 0.2) is 0 Å². The third-order valence-electron chi connectivity index (χ3n) is 1.53. The van der Waals surface area contributed by atoms with E-state index >= 15 is 0 Å². The van der Waals surface area contributed by atoms with Crippen LogP contribution in [0.25, 0.3) is 0 Å². The first-order valence-electron chi connectivity index (χ1n) is 4.85. The Bertz CT molecular complexity index is 219. The number of nitrogens with zero attached hydrogens (tertiary/aromatic N) is 1. The predicted octanol–water partition coefficient (Wildman–Crippen LogP) is 1.64. The van der Waals surface area contributed by atoms with Crippen LogP contribution in [-0.2, 0) is 4.74 Å². The SMILES string of the molecule is CC(C)CN(CC(F)(F)F)C(=O)OCCO. The number of aliphatic hydroxyl groups excluding tert-OH is 1. The summed E-state index contributed by atoms with van der Waals surface area (Å²) in [5.74, 6) is -0.0935. The second kappa shape index (κ2) is 6.57. The third-order valence-corrected chi connectivity index (χ3v) is 1.53. The van der Waals surface area contributed by atoms with Crippen molar-refractivity contribution in [2.24, 2.45) is 5.92 Å². The van der Waals surface area contributed by atoms with Gasteiger partial charge in [-0.1, -0.05) is 13.8 Å². The van der Waals surface area contributed by atoms with Gasteiger partial charge < -0.3 is 9.84 Å². The zero-order valence-electron chi connectivity index (χ0n) is 9.25. The summed E-state index contributed by atoms with van der Waals surface area (Å²) in [4.78, 5) is 11.8. The van der Waals surface area contributed by atoms with E-state index in [0.29, 0.717) is 4.90 Å². The number of ether oxygens (including phenoxy) is 1. The Kier molecular flexibility index (Phi) is 6.17. The average molecular weight is 243 g/mol. The maximum atomic E-state index is 12.1. The van der Waals surface area contributed by atoms with Crippen LogP contribution >= 0.6 is 0 Å². The Morgan fingerprint density at radius 2 is 2.00 bits per heavy atom. The standard InChI is InChI=1S/C9H16F3NO3/c1-7(2)5-13(6-9(10,11)12)8(15)16-4-3-14/h7,14H,3-6H2,1-2H3. The van der Waals surface area contributed by atoms with Crippen LogP contribution in [0.3, 0.4) is 0 Å². The molecule has 0 aromatic rings. The van der Waals surface area contributed by atoms with E-state index in [0.717, 1.165) is 0 Å². The lowest BCUT2D eigenvalue weighted by Crippen LogP contribution is -2.41. The maximum Gasteiger partial charge on any atom is 0.410 e. The Labute approximate surface area is 92.0 Å². The van der Waals surface area contributed by atoms with Gasteiger partial charge in [-0.3, -0.25) is 4.90 Å². The van der Waals surface area contributed by atoms with Crippen molar-refractivity contribution in [2.75, 3.05) is 26.3 Å². The lowest BCUT2D eigenvalue weighted by atomic mass is 10.2. The summed E-state index contributed by atoms with van der Waals surface area (Å²) in [5, 5.41) is 8.39. The number of carbonyl (C=O) groups is 1. The molecule has 0 bridgehead atoms. The Balaban J connectivity index is 4.35. The highest BCUT2D eigenvalue weighted by Gasteiger charge is 2.33. The molecule has 0 fully saturated rings.